The number of amides is 2. The maximum Gasteiger partial charge on any atom is 0.306 e. The molecule has 6 nitrogen and oxygen atoms in total. The third kappa shape index (κ3) is 6.80. The first kappa shape index (κ1) is 23.3. The highest BCUT2D eigenvalue weighted by Gasteiger charge is 2.30. The van der Waals surface area contributed by atoms with Gasteiger partial charge in [-0.05, 0) is 35.6 Å². The van der Waals surface area contributed by atoms with Crippen LogP contribution in [0.3, 0.4) is 0 Å². The minimum atomic E-state index is -0.442. The zero-order chi connectivity index (χ0) is 22.8. The van der Waals surface area contributed by atoms with Crippen molar-refractivity contribution >= 4 is 17.8 Å². The molecule has 0 bridgehead atoms. The van der Waals surface area contributed by atoms with Crippen LogP contribution in [-0.4, -0.2) is 29.2 Å². The van der Waals surface area contributed by atoms with Gasteiger partial charge in [0, 0.05) is 25.6 Å². The number of fused-ring (bicyclic) bond motifs is 1. The summed E-state index contributed by atoms with van der Waals surface area (Å²) in [7, 11) is 0. The van der Waals surface area contributed by atoms with Crippen LogP contribution in [0.4, 0.5) is 0 Å². The molecule has 1 N–H and O–H groups in total. The number of rotatable bonds is 11. The number of esters is 1. The van der Waals surface area contributed by atoms with E-state index in [2.05, 4.69) is 11.9 Å². The van der Waals surface area contributed by atoms with Gasteiger partial charge in [0.2, 0.25) is 11.8 Å². The van der Waals surface area contributed by atoms with Crippen molar-refractivity contribution < 1.29 is 19.1 Å². The van der Waals surface area contributed by atoms with E-state index in [4.69, 9.17) is 4.74 Å². The third-order valence-corrected chi connectivity index (χ3v) is 5.62. The number of carbonyl (C=O) groups is 3. The molecular weight excluding hydrogens is 404 g/mol. The minimum Gasteiger partial charge on any atom is -0.461 e. The van der Waals surface area contributed by atoms with Crippen LogP contribution in [0.15, 0.2) is 67.3 Å². The molecule has 0 fully saturated rings. The summed E-state index contributed by atoms with van der Waals surface area (Å²) in [6.45, 7) is 5.28. The molecule has 1 aliphatic rings. The first-order valence-corrected chi connectivity index (χ1v) is 11.0. The summed E-state index contributed by atoms with van der Waals surface area (Å²) < 4.78 is 5.43. The molecule has 0 spiro atoms. The second-order valence-electron chi connectivity index (χ2n) is 8.00. The van der Waals surface area contributed by atoms with Gasteiger partial charge in [0.1, 0.15) is 6.61 Å². The number of benzene rings is 2. The van der Waals surface area contributed by atoms with Gasteiger partial charge in [0.05, 0.1) is 6.42 Å². The fourth-order valence-electron chi connectivity index (χ4n) is 3.86. The lowest BCUT2D eigenvalue weighted by Crippen LogP contribution is -2.33. The predicted octanol–water partition coefficient (Wildman–Crippen LogP) is 3.75. The summed E-state index contributed by atoms with van der Waals surface area (Å²) in [4.78, 5) is 38.9. The van der Waals surface area contributed by atoms with E-state index in [-0.39, 0.29) is 30.8 Å². The van der Waals surface area contributed by atoms with E-state index < -0.39 is 5.92 Å². The van der Waals surface area contributed by atoms with Gasteiger partial charge in [-0.2, -0.15) is 0 Å². The van der Waals surface area contributed by atoms with E-state index in [1.807, 2.05) is 59.5 Å². The van der Waals surface area contributed by atoms with Gasteiger partial charge in [-0.25, -0.2) is 0 Å². The highest BCUT2D eigenvalue weighted by molar-refractivity contribution is 5.86. The Morgan fingerprint density at radius 3 is 2.31 bits per heavy atom. The Morgan fingerprint density at radius 1 is 1.00 bits per heavy atom. The SMILES string of the molecule is C=CC(=O)NCCCC[C@H](CC(=O)OCc1ccccc1)C(=O)N1Cc2ccccc2C1. The Hall–Kier alpha value is -3.41. The van der Waals surface area contributed by atoms with E-state index >= 15 is 0 Å². The van der Waals surface area contributed by atoms with Crippen molar-refractivity contribution in [1.82, 2.24) is 10.2 Å². The Bertz CT molecular complexity index is 917. The van der Waals surface area contributed by atoms with Crippen molar-refractivity contribution in [3.63, 3.8) is 0 Å². The lowest BCUT2D eigenvalue weighted by Gasteiger charge is -2.23. The molecule has 0 aliphatic carbocycles. The normalized spacial score (nSPS) is 13.2. The van der Waals surface area contributed by atoms with Crippen LogP contribution in [-0.2, 0) is 38.8 Å². The number of nitrogens with zero attached hydrogens (tertiary/aromatic N) is 1. The second kappa shape index (κ2) is 11.8. The number of carbonyl (C=O) groups excluding carboxylic acids is 3. The van der Waals surface area contributed by atoms with E-state index in [9.17, 15) is 14.4 Å². The van der Waals surface area contributed by atoms with Crippen molar-refractivity contribution in [3.05, 3.63) is 83.9 Å². The van der Waals surface area contributed by atoms with Crippen molar-refractivity contribution in [1.29, 1.82) is 0 Å². The summed E-state index contributed by atoms with van der Waals surface area (Å²) in [6, 6.07) is 17.5. The number of nitrogens with one attached hydrogen (secondary N) is 1. The number of unbranched alkanes of at least 4 members (excludes halogenated alkanes) is 1. The molecule has 2 aromatic carbocycles. The van der Waals surface area contributed by atoms with Crippen molar-refractivity contribution in [2.45, 2.75) is 45.4 Å². The molecule has 1 aliphatic heterocycles. The molecule has 168 valence electrons. The summed E-state index contributed by atoms with van der Waals surface area (Å²) >= 11 is 0. The average molecular weight is 435 g/mol. The largest absolute Gasteiger partial charge is 0.461 e. The van der Waals surface area contributed by atoms with Gasteiger partial charge in [0.15, 0.2) is 0 Å². The molecule has 1 heterocycles. The number of hydrogen-bond acceptors (Lipinski definition) is 4. The summed E-state index contributed by atoms with van der Waals surface area (Å²) in [5.41, 5.74) is 3.22. The lowest BCUT2D eigenvalue weighted by molar-refractivity contribution is -0.150. The highest BCUT2D eigenvalue weighted by atomic mass is 16.5. The monoisotopic (exact) mass is 434 g/mol. The third-order valence-electron chi connectivity index (χ3n) is 5.62. The van der Waals surface area contributed by atoms with E-state index in [1.165, 1.54) is 6.08 Å². The molecule has 2 aromatic rings. The maximum atomic E-state index is 13.3. The summed E-state index contributed by atoms with van der Waals surface area (Å²) in [5.74, 6) is -1.04. The lowest BCUT2D eigenvalue weighted by atomic mass is 9.96. The first-order chi connectivity index (χ1) is 15.6. The quantitative estimate of drug-likeness (QED) is 0.332. The van der Waals surface area contributed by atoms with Crippen molar-refractivity contribution in [3.8, 4) is 0 Å². The Kier molecular flexibility index (Phi) is 8.61. The molecule has 3 rings (SSSR count). The van der Waals surface area contributed by atoms with Crippen LogP contribution >= 0.6 is 0 Å². The van der Waals surface area contributed by atoms with Crippen LogP contribution in [0.1, 0.15) is 42.4 Å². The number of hydrogen-bond donors (Lipinski definition) is 1. The van der Waals surface area contributed by atoms with Crippen LogP contribution in [0.2, 0.25) is 0 Å². The van der Waals surface area contributed by atoms with Gasteiger partial charge >= 0.3 is 5.97 Å². The Balaban J connectivity index is 1.56. The summed E-state index contributed by atoms with van der Waals surface area (Å²) in [5, 5.41) is 2.74. The fraction of sp³-hybridized carbons (Fsp3) is 0.346. The van der Waals surface area contributed by atoms with E-state index in [0.717, 1.165) is 29.5 Å². The number of ether oxygens (including phenoxy) is 1. The topological polar surface area (TPSA) is 75.7 Å². The van der Waals surface area contributed by atoms with Gasteiger partial charge in [-0.15, -0.1) is 0 Å². The van der Waals surface area contributed by atoms with E-state index in [0.29, 0.717) is 26.1 Å². The minimum absolute atomic E-state index is 0.0204. The molecule has 2 amide bonds. The Morgan fingerprint density at radius 2 is 1.66 bits per heavy atom. The molecule has 0 saturated heterocycles. The molecule has 1 atom stereocenters. The van der Waals surface area contributed by atoms with E-state index in [1.54, 1.807) is 0 Å². The molecule has 32 heavy (non-hydrogen) atoms. The van der Waals surface area contributed by atoms with Gasteiger partial charge < -0.3 is 15.0 Å². The van der Waals surface area contributed by atoms with Crippen molar-refractivity contribution in [2.75, 3.05) is 6.54 Å². The van der Waals surface area contributed by atoms with Crippen LogP contribution in [0.5, 0.6) is 0 Å². The Labute approximate surface area is 189 Å². The van der Waals surface area contributed by atoms with Crippen molar-refractivity contribution in [2.24, 2.45) is 5.92 Å². The smallest absolute Gasteiger partial charge is 0.306 e. The average Bonchev–Trinajstić information content (AvgIpc) is 3.26. The molecule has 0 radical (unpaired) electrons. The predicted molar refractivity (Wildman–Crippen MR) is 122 cm³/mol. The molecule has 0 unspecified atom stereocenters. The van der Waals surface area contributed by atoms with Gasteiger partial charge in [0.25, 0.3) is 0 Å². The molecule has 6 heteroatoms. The highest BCUT2D eigenvalue weighted by Crippen LogP contribution is 2.26. The van der Waals surface area contributed by atoms with Crippen LogP contribution in [0.25, 0.3) is 0 Å². The van der Waals surface area contributed by atoms with Gasteiger partial charge in [-0.3, -0.25) is 14.4 Å². The first-order valence-electron chi connectivity index (χ1n) is 11.0. The molecular formula is C26H30N2O4. The zero-order valence-electron chi connectivity index (χ0n) is 18.3. The summed E-state index contributed by atoms with van der Waals surface area (Å²) in [6.07, 6.45) is 3.30. The van der Waals surface area contributed by atoms with Gasteiger partial charge in [-0.1, -0.05) is 67.6 Å². The van der Waals surface area contributed by atoms with Crippen LogP contribution in [0, 0.1) is 5.92 Å². The maximum absolute atomic E-state index is 13.3. The fourth-order valence-corrected chi connectivity index (χ4v) is 3.86. The standard InChI is InChI=1S/C26H30N2O4/c1-2-24(29)27-15-9-8-12-21(16-25(30)32-19-20-10-4-3-5-11-20)26(31)28-17-22-13-6-7-14-23(22)18-28/h2-7,10-11,13-14,21H,1,8-9,12,15-19H2,(H,27,29)/t21-/m1/s1. The second-order valence-corrected chi connectivity index (χ2v) is 8.00. The van der Waals surface area contributed by atoms with Crippen LogP contribution < -0.4 is 5.32 Å². The molecule has 0 saturated carbocycles. The zero-order valence-corrected chi connectivity index (χ0v) is 18.3. The molecule has 0 aromatic heterocycles.